The van der Waals surface area contributed by atoms with Crippen molar-refractivity contribution in [2.45, 2.75) is 0 Å². The SMILES string of the molecule is c1ccc(-c2nc(-c3ccccc3)nc(-c3cc4oc5cc(-c6ccc(-c7ccccc7)c7ccccc67)ccc5c4c4ccccc34)n2)cc1. The molecule has 2 heterocycles. The van der Waals surface area contributed by atoms with Gasteiger partial charge in [-0.3, -0.25) is 0 Å². The summed E-state index contributed by atoms with van der Waals surface area (Å²) in [5.74, 6) is 1.86. The maximum absolute atomic E-state index is 6.75. The van der Waals surface area contributed by atoms with Crippen LogP contribution in [-0.2, 0) is 0 Å². The smallest absolute Gasteiger partial charge is 0.164 e. The van der Waals surface area contributed by atoms with Crippen molar-refractivity contribution in [1.82, 2.24) is 15.0 Å². The molecule has 0 spiro atoms. The van der Waals surface area contributed by atoms with E-state index in [1.54, 1.807) is 0 Å². The average molecular weight is 652 g/mol. The van der Waals surface area contributed by atoms with E-state index in [0.717, 1.165) is 55.0 Å². The number of benzene rings is 8. The molecule has 0 atom stereocenters. The average Bonchev–Trinajstić information content (AvgIpc) is 3.59. The fraction of sp³-hybridized carbons (Fsp3) is 0. The van der Waals surface area contributed by atoms with E-state index in [0.29, 0.717) is 17.5 Å². The summed E-state index contributed by atoms with van der Waals surface area (Å²) in [4.78, 5) is 15.0. The number of aromatic nitrogens is 3. The predicted octanol–water partition coefficient (Wildman–Crippen LogP) is 12.4. The van der Waals surface area contributed by atoms with Crippen LogP contribution in [0.4, 0.5) is 0 Å². The van der Waals surface area contributed by atoms with Gasteiger partial charge >= 0.3 is 0 Å². The minimum atomic E-state index is 0.604. The molecule has 10 rings (SSSR count). The van der Waals surface area contributed by atoms with Crippen molar-refractivity contribution in [3.05, 3.63) is 176 Å². The molecule has 2 aromatic heterocycles. The Morgan fingerprint density at radius 1 is 0.294 bits per heavy atom. The molecule has 0 bridgehead atoms. The Morgan fingerprint density at radius 3 is 1.35 bits per heavy atom. The molecule has 0 aliphatic heterocycles. The molecule has 0 N–H and O–H groups in total. The molecular formula is C47H29N3O. The predicted molar refractivity (Wildman–Crippen MR) is 209 cm³/mol. The fourth-order valence-electron chi connectivity index (χ4n) is 7.34. The first-order chi connectivity index (χ1) is 25.3. The summed E-state index contributed by atoms with van der Waals surface area (Å²) in [5, 5.41) is 6.75. The van der Waals surface area contributed by atoms with Gasteiger partial charge in [-0.05, 0) is 62.0 Å². The molecule has 8 aromatic carbocycles. The van der Waals surface area contributed by atoms with Gasteiger partial charge in [0.1, 0.15) is 11.2 Å². The summed E-state index contributed by atoms with van der Waals surface area (Å²) in [5.41, 5.74) is 9.12. The Bertz CT molecular complexity index is 2840. The maximum Gasteiger partial charge on any atom is 0.164 e. The zero-order valence-corrected chi connectivity index (χ0v) is 27.5. The third kappa shape index (κ3) is 4.96. The Morgan fingerprint density at radius 2 is 0.765 bits per heavy atom. The number of fused-ring (bicyclic) bond motifs is 6. The van der Waals surface area contributed by atoms with Crippen molar-refractivity contribution in [2.24, 2.45) is 0 Å². The van der Waals surface area contributed by atoms with Crippen molar-refractivity contribution in [2.75, 3.05) is 0 Å². The lowest BCUT2D eigenvalue weighted by Gasteiger charge is -2.12. The molecule has 0 fully saturated rings. The number of hydrogen-bond acceptors (Lipinski definition) is 4. The van der Waals surface area contributed by atoms with E-state index in [4.69, 9.17) is 19.4 Å². The number of furan rings is 1. The lowest BCUT2D eigenvalue weighted by molar-refractivity contribution is 0.669. The van der Waals surface area contributed by atoms with Crippen LogP contribution in [0.3, 0.4) is 0 Å². The second-order valence-corrected chi connectivity index (χ2v) is 12.8. The van der Waals surface area contributed by atoms with Crippen LogP contribution in [0.2, 0.25) is 0 Å². The normalized spacial score (nSPS) is 11.5. The quantitative estimate of drug-likeness (QED) is 0.186. The third-order valence-electron chi connectivity index (χ3n) is 9.74. The zero-order chi connectivity index (χ0) is 33.7. The zero-order valence-electron chi connectivity index (χ0n) is 27.5. The molecule has 0 aliphatic carbocycles. The summed E-state index contributed by atoms with van der Waals surface area (Å²) < 4.78 is 6.75. The van der Waals surface area contributed by atoms with Gasteiger partial charge in [0.05, 0.1) is 0 Å². The van der Waals surface area contributed by atoms with E-state index < -0.39 is 0 Å². The molecule has 0 unspecified atom stereocenters. The molecule has 0 radical (unpaired) electrons. The van der Waals surface area contributed by atoms with Gasteiger partial charge in [0.25, 0.3) is 0 Å². The van der Waals surface area contributed by atoms with Crippen LogP contribution in [0.25, 0.3) is 99.9 Å². The van der Waals surface area contributed by atoms with E-state index >= 15 is 0 Å². The van der Waals surface area contributed by atoms with Crippen LogP contribution >= 0.6 is 0 Å². The first kappa shape index (κ1) is 29.0. The van der Waals surface area contributed by atoms with Gasteiger partial charge in [-0.1, -0.05) is 158 Å². The highest BCUT2D eigenvalue weighted by molar-refractivity contribution is 6.22. The largest absolute Gasteiger partial charge is 0.456 e. The van der Waals surface area contributed by atoms with Crippen LogP contribution in [0, 0.1) is 0 Å². The molecule has 10 aromatic rings. The van der Waals surface area contributed by atoms with Crippen LogP contribution in [0.5, 0.6) is 0 Å². The molecule has 0 amide bonds. The highest BCUT2D eigenvalue weighted by Crippen LogP contribution is 2.42. The first-order valence-corrected chi connectivity index (χ1v) is 17.1. The summed E-state index contributed by atoms with van der Waals surface area (Å²) >= 11 is 0. The van der Waals surface area contributed by atoms with E-state index in [1.807, 2.05) is 60.7 Å². The van der Waals surface area contributed by atoms with Gasteiger partial charge in [0.15, 0.2) is 17.5 Å². The van der Waals surface area contributed by atoms with Gasteiger partial charge in [-0.2, -0.15) is 0 Å². The molecule has 238 valence electrons. The van der Waals surface area contributed by atoms with Crippen LogP contribution in [0.1, 0.15) is 0 Å². The minimum absolute atomic E-state index is 0.604. The van der Waals surface area contributed by atoms with Crippen LogP contribution in [-0.4, -0.2) is 15.0 Å². The molecule has 4 nitrogen and oxygen atoms in total. The second-order valence-electron chi connectivity index (χ2n) is 12.8. The summed E-state index contributed by atoms with van der Waals surface area (Å²) in [6.45, 7) is 0. The van der Waals surface area contributed by atoms with Crippen LogP contribution < -0.4 is 0 Å². The van der Waals surface area contributed by atoms with Crippen molar-refractivity contribution < 1.29 is 4.42 Å². The molecular weight excluding hydrogens is 623 g/mol. The van der Waals surface area contributed by atoms with Crippen LogP contribution in [0.15, 0.2) is 180 Å². The topological polar surface area (TPSA) is 51.8 Å². The molecule has 51 heavy (non-hydrogen) atoms. The molecule has 4 heteroatoms. The van der Waals surface area contributed by atoms with E-state index in [-0.39, 0.29) is 0 Å². The second kappa shape index (κ2) is 11.9. The first-order valence-electron chi connectivity index (χ1n) is 17.1. The number of hydrogen-bond donors (Lipinski definition) is 0. The molecule has 0 aliphatic rings. The Hall–Kier alpha value is -6.91. The van der Waals surface area contributed by atoms with E-state index in [9.17, 15) is 0 Å². The summed E-state index contributed by atoms with van der Waals surface area (Å²) in [7, 11) is 0. The van der Waals surface area contributed by atoms with Gasteiger partial charge in [0.2, 0.25) is 0 Å². The molecule has 0 saturated carbocycles. The highest BCUT2D eigenvalue weighted by Gasteiger charge is 2.19. The standard InChI is InChI=1S/C47H29N3O/c1-4-14-30(15-5-1)34-26-27-35(37-21-11-10-20-36(34)37)33-24-25-40-42(28-33)51-43-29-41(38-22-12-13-23-39(38)44(40)43)47-49-45(31-16-6-2-7-17-31)48-46(50-47)32-18-8-3-9-19-32/h1-29H. The van der Waals surface area contributed by atoms with E-state index in [2.05, 4.69) is 115 Å². The van der Waals surface area contributed by atoms with Crippen molar-refractivity contribution in [1.29, 1.82) is 0 Å². The third-order valence-corrected chi connectivity index (χ3v) is 9.74. The van der Waals surface area contributed by atoms with Crippen molar-refractivity contribution in [3.63, 3.8) is 0 Å². The molecule has 0 saturated heterocycles. The van der Waals surface area contributed by atoms with E-state index in [1.165, 1.54) is 27.5 Å². The lowest BCUT2D eigenvalue weighted by atomic mass is 9.91. The lowest BCUT2D eigenvalue weighted by Crippen LogP contribution is -2.00. The Labute approximate surface area is 294 Å². The van der Waals surface area contributed by atoms with Gasteiger partial charge < -0.3 is 4.42 Å². The fourth-order valence-corrected chi connectivity index (χ4v) is 7.34. The van der Waals surface area contributed by atoms with Crippen molar-refractivity contribution in [3.8, 4) is 56.4 Å². The number of rotatable bonds is 5. The Kier molecular flexibility index (Phi) is 6.78. The minimum Gasteiger partial charge on any atom is -0.456 e. The highest BCUT2D eigenvalue weighted by atomic mass is 16.3. The maximum atomic E-state index is 6.75. The van der Waals surface area contributed by atoms with Gasteiger partial charge in [-0.25, -0.2) is 15.0 Å². The van der Waals surface area contributed by atoms with Crippen molar-refractivity contribution >= 4 is 43.5 Å². The summed E-state index contributed by atoms with van der Waals surface area (Å²) in [6, 6.07) is 61.0. The van der Waals surface area contributed by atoms with Gasteiger partial charge in [-0.15, -0.1) is 0 Å². The number of nitrogens with zero attached hydrogens (tertiary/aromatic N) is 3. The van der Waals surface area contributed by atoms with Gasteiger partial charge in [0, 0.05) is 27.5 Å². The Balaban J connectivity index is 1.17. The monoisotopic (exact) mass is 651 g/mol. The summed E-state index contributed by atoms with van der Waals surface area (Å²) in [6.07, 6.45) is 0.